The van der Waals surface area contributed by atoms with Gasteiger partial charge < -0.3 is 14.8 Å². The monoisotopic (exact) mass is 335 g/mol. The van der Waals surface area contributed by atoms with Crippen LogP contribution in [0.5, 0.6) is 0 Å². The molecule has 0 atom stereocenters. The van der Waals surface area contributed by atoms with Crippen LogP contribution in [0.4, 0.5) is 5.69 Å². The van der Waals surface area contributed by atoms with Crippen molar-refractivity contribution in [2.24, 2.45) is 0 Å². The minimum absolute atomic E-state index is 0.0957. The molecule has 1 amide bonds. The molecule has 0 bridgehead atoms. The van der Waals surface area contributed by atoms with Crippen LogP contribution in [-0.2, 0) is 14.3 Å². The summed E-state index contributed by atoms with van der Waals surface area (Å²) in [6.45, 7) is 1.41. The zero-order chi connectivity index (χ0) is 13.4. The van der Waals surface area contributed by atoms with Crippen molar-refractivity contribution in [3.63, 3.8) is 0 Å². The first-order valence-corrected chi connectivity index (χ1v) is 6.62. The lowest BCUT2D eigenvalue weighted by Gasteiger charge is -2.07. The van der Waals surface area contributed by atoms with Crippen LogP contribution in [0.2, 0.25) is 5.02 Å². The molecule has 1 N–H and O–H groups in total. The second-order valence-electron chi connectivity index (χ2n) is 3.53. The molecule has 1 rings (SSSR count). The first-order chi connectivity index (χ1) is 8.63. The normalized spacial score (nSPS) is 10.4. The molecular weight excluding hydrogens is 321 g/mol. The van der Waals surface area contributed by atoms with E-state index in [0.29, 0.717) is 37.0 Å². The largest absolute Gasteiger partial charge is 0.382 e. The van der Waals surface area contributed by atoms with Gasteiger partial charge in [-0.25, -0.2) is 0 Å². The summed E-state index contributed by atoms with van der Waals surface area (Å²) >= 11 is 9.15. The number of hydrogen-bond acceptors (Lipinski definition) is 3. The zero-order valence-electron chi connectivity index (χ0n) is 10.0. The molecule has 0 saturated heterocycles. The van der Waals surface area contributed by atoms with E-state index >= 15 is 0 Å². The quantitative estimate of drug-likeness (QED) is 0.778. The number of carbonyl (C=O) groups excluding carboxylic acids is 1. The van der Waals surface area contributed by atoms with Crippen LogP contribution in [0, 0.1) is 0 Å². The summed E-state index contributed by atoms with van der Waals surface area (Å²) in [6.07, 6.45) is 0.309. The van der Waals surface area contributed by atoms with E-state index in [-0.39, 0.29) is 5.91 Å². The highest BCUT2D eigenvalue weighted by atomic mass is 79.9. The number of carbonyl (C=O) groups is 1. The molecule has 0 heterocycles. The van der Waals surface area contributed by atoms with Crippen molar-refractivity contribution in [2.75, 3.05) is 32.2 Å². The van der Waals surface area contributed by atoms with Gasteiger partial charge in [-0.05, 0) is 34.1 Å². The number of methoxy groups -OCH3 is 1. The van der Waals surface area contributed by atoms with Gasteiger partial charge in [0.2, 0.25) is 5.91 Å². The molecule has 0 aromatic heterocycles. The van der Waals surface area contributed by atoms with Gasteiger partial charge in [0.25, 0.3) is 0 Å². The number of ether oxygens (including phenoxy) is 2. The van der Waals surface area contributed by atoms with Gasteiger partial charge in [0, 0.05) is 17.3 Å². The second kappa shape index (κ2) is 8.48. The molecule has 0 spiro atoms. The molecule has 0 aliphatic carbocycles. The number of benzene rings is 1. The maximum atomic E-state index is 11.6. The summed E-state index contributed by atoms with van der Waals surface area (Å²) in [5, 5.41) is 3.37. The van der Waals surface area contributed by atoms with Crippen LogP contribution in [0.1, 0.15) is 6.42 Å². The minimum atomic E-state index is -0.0957. The van der Waals surface area contributed by atoms with Crippen LogP contribution >= 0.6 is 27.5 Å². The number of rotatable bonds is 7. The third kappa shape index (κ3) is 5.82. The van der Waals surface area contributed by atoms with Crippen LogP contribution in [-0.4, -0.2) is 32.8 Å². The predicted molar refractivity (Wildman–Crippen MR) is 75.1 cm³/mol. The number of halogens is 2. The third-order valence-electron chi connectivity index (χ3n) is 2.11. The lowest BCUT2D eigenvalue weighted by Crippen LogP contribution is -2.15. The highest BCUT2D eigenvalue weighted by molar-refractivity contribution is 9.10. The van der Waals surface area contributed by atoms with E-state index in [1.54, 1.807) is 25.3 Å². The lowest BCUT2D eigenvalue weighted by molar-refractivity contribution is -0.117. The van der Waals surface area contributed by atoms with E-state index in [4.69, 9.17) is 21.1 Å². The maximum Gasteiger partial charge on any atom is 0.226 e. The Bertz CT molecular complexity index is 401. The molecular formula is C12H15BrClNO3. The van der Waals surface area contributed by atoms with Gasteiger partial charge in [-0.3, -0.25) is 4.79 Å². The van der Waals surface area contributed by atoms with E-state index < -0.39 is 0 Å². The maximum absolute atomic E-state index is 11.6. The van der Waals surface area contributed by atoms with Crippen molar-refractivity contribution >= 4 is 39.1 Å². The Hall–Kier alpha value is -0.620. The van der Waals surface area contributed by atoms with Crippen molar-refractivity contribution in [3.05, 3.63) is 27.7 Å². The van der Waals surface area contributed by atoms with Gasteiger partial charge >= 0.3 is 0 Å². The topological polar surface area (TPSA) is 47.6 Å². The van der Waals surface area contributed by atoms with Crippen molar-refractivity contribution in [1.29, 1.82) is 0 Å². The summed E-state index contributed by atoms with van der Waals surface area (Å²) in [4.78, 5) is 11.6. The zero-order valence-corrected chi connectivity index (χ0v) is 12.4. The summed E-state index contributed by atoms with van der Waals surface area (Å²) in [5.74, 6) is -0.0957. The van der Waals surface area contributed by atoms with Gasteiger partial charge in [0.15, 0.2) is 0 Å². The molecule has 0 fully saturated rings. The fourth-order valence-electron chi connectivity index (χ4n) is 1.21. The van der Waals surface area contributed by atoms with Crippen molar-refractivity contribution in [3.8, 4) is 0 Å². The van der Waals surface area contributed by atoms with E-state index in [9.17, 15) is 4.79 Å². The summed E-state index contributed by atoms with van der Waals surface area (Å²) in [5.41, 5.74) is 0.702. The molecule has 0 unspecified atom stereocenters. The summed E-state index contributed by atoms with van der Waals surface area (Å²) in [6, 6.07) is 5.22. The SMILES string of the molecule is COCCOCCC(=O)Nc1ccc(Cl)c(Br)c1. The fraction of sp³-hybridized carbons (Fsp3) is 0.417. The molecule has 1 aromatic rings. The van der Waals surface area contributed by atoms with Crippen molar-refractivity contribution in [2.45, 2.75) is 6.42 Å². The Kier molecular flexibility index (Phi) is 7.27. The fourth-order valence-corrected chi connectivity index (χ4v) is 1.70. The first-order valence-electron chi connectivity index (χ1n) is 5.45. The van der Waals surface area contributed by atoms with E-state index in [1.807, 2.05) is 0 Å². The number of amides is 1. The standard InChI is InChI=1S/C12H15BrClNO3/c1-17-6-7-18-5-4-12(16)15-9-2-3-11(14)10(13)8-9/h2-3,8H,4-7H2,1H3,(H,15,16). The molecule has 1 aromatic carbocycles. The molecule has 4 nitrogen and oxygen atoms in total. The Morgan fingerprint density at radius 3 is 2.83 bits per heavy atom. The Morgan fingerprint density at radius 1 is 1.39 bits per heavy atom. The highest BCUT2D eigenvalue weighted by Crippen LogP contribution is 2.25. The molecule has 0 aliphatic rings. The number of hydrogen-bond donors (Lipinski definition) is 1. The summed E-state index contributed by atoms with van der Waals surface area (Å²) < 4.78 is 10.8. The van der Waals surface area contributed by atoms with Crippen LogP contribution in [0.3, 0.4) is 0 Å². The van der Waals surface area contributed by atoms with E-state index in [1.165, 1.54) is 0 Å². The molecule has 18 heavy (non-hydrogen) atoms. The Morgan fingerprint density at radius 2 is 2.17 bits per heavy atom. The Balaban J connectivity index is 2.29. The van der Waals surface area contributed by atoms with Gasteiger partial charge in [0.05, 0.1) is 31.3 Å². The van der Waals surface area contributed by atoms with Gasteiger partial charge in [0.1, 0.15) is 0 Å². The van der Waals surface area contributed by atoms with Crippen molar-refractivity contribution in [1.82, 2.24) is 0 Å². The number of nitrogens with one attached hydrogen (secondary N) is 1. The average molecular weight is 337 g/mol. The van der Waals surface area contributed by atoms with Crippen LogP contribution < -0.4 is 5.32 Å². The predicted octanol–water partition coefficient (Wildman–Crippen LogP) is 3.09. The molecule has 0 aliphatic heterocycles. The molecule has 6 heteroatoms. The number of anilines is 1. The lowest BCUT2D eigenvalue weighted by atomic mass is 10.3. The van der Waals surface area contributed by atoms with E-state index in [0.717, 1.165) is 4.47 Å². The third-order valence-corrected chi connectivity index (χ3v) is 3.32. The second-order valence-corrected chi connectivity index (χ2v) is 4.79. The van der Waals surface area contributed by atoms with Gasteiger partial charge in [-0.1, -0.05) is 11.6 Å². The highest BCUT2D eigenvalue weighted by Gasteiger charge is 2.04. The van der Waals surface area contributed by atoms with Crippen molar-refractivity contribution < 1.29 is 14.3 Å². The molecule has 0 saturated carbocycles. The summed E-state index contributed by atoms with van der Waals surface area (Å²) in [7, 11) is 1.61. The smallest absolute Gasteiger partial charge is 0.226 e. The average Bonchev–Trinajstić information content (AvgIpc) is 2.34. The Labute approximate surface area is 120 Å². The molecule has 100 valence electrons. The minimum Gasteiger partial charge on any atom is -0.382 e. The van der Waals surface area contributed by atoms with Crippen LogP contribution in [0.25, 0.3) is 0 Å². The van der Waals surface area contributed by atoms with Gasteiger partial charge in [-0.2, -0.15) is 0 Å². The molecule has 0 radical (unpaired) electrons. The first kappa shape index (κ1) is 15.4. The van der Waals surface area contributed by atoms with Gasteiger partial charge in [-0.15, -0.1) is 0 Å². The van der Waals surface area contributed by atoms with Crippen LogP contribution in [0.15, 0.2) is 22.7 Å². The van der Waals surface area contributed by atoms with E-state index in [2.05, 4.69) is 21.2 Å².